The summed E-state index contributed by atoms with van der Waals surface area (Å²) in [5, 5.41) is 11.9. The Morgan fingerprint density at radius 2 is 1.80 bits per heavy atom. The highest BCUT2D eigenvalue weighted by Gasteiger charge is 2.37. The minimum Gasteiger partial charge on any atom is -0.372 e. The zero-order valence-corrected chi connectivity index (χ0v) is 16.6. The van der Waals surface area contributed by atoms with Crippen LogP contribution in [0.2, 0.25) is 5.02 Å². The van der Waals surface area contributed by atoms with E-state index in [0.717, 1.165) is 30.3 Å². The number of amidine groups is 1. The number of aliphatic imine (C=N–C) groups is 2. The van der Waals surface area contributed by atoms with E-state index >= 15 is 0 Å². The number of anilines is 1. The van der Waals surface area contributed by atoms with E-state index in [4.69, 9.17) is 11.6 Å². The Hall–Kier alpha value is -2.52. The summed E-state index contributed by atoms with van der Waals surface area (Å²) in [6.45, 7) is 3.21. The second-order valence-corrected chi connectivity index (χ2v) is 7.00. The third-order valence-electron chi connectivity index (χ3n) is 4.52. The summed E-state index contributed by atoms with van der Waals surface area (Å²) < 4.78 is 69.4. The van der Waals surface area contributed by atoms with Crippen molar-refractivity contribution in [2.24, 2.45) is 9.98 Å². The van der Waals surface area contributed by atoms with E-state index in [-0.39, 0.29) is 29.2 Å². The summed E-state index contributed by atoms with van der Waals surface area (Å²) >= 11 is 6.09. The molecular weight excluding hydrogens is 429 g/mol. The van der Waals surface area contributed by atoms with Gasteiger partial charge in [0.25, 0.3) is 0 Å². The van der Waals surface area contributed by atoms with Gasteiger partial charge in [0.05, 0.1) is 27.5 Å². The standard InChI is InChI=1S/C20H17ClF5N3O/c1-3-14(30)29-19-9(2)27-18(15-11(22)5-4-6-12(15)23)16-13(28-19)8-7-10(17(16)21)20(24,25)26/h4-9,14,30H,3H2,1-2H3,(H,28,29). The maximum absolute atomic E-state index is 14.5. The number of nitrogens with one attached hydrogen (secondary N) is 1. The molecule has 2 unspecified atom stereocenters. The van der Waals surface area contributed by atoms with Crippen LogP contribution in [0.15, 0.2) is 40.3 Å². The van der Waals surface area contributed by atoms with Gasteiger partial charge >= 0.3 is 6.18 Å². The largest absolute Gasteiger partial charge is 0.417 e. The van der Waals surface area contributed by atoms with Gasteiger partial charge in [-0.25, -0.2) is 13.8 Å². The van der Waals surface area contributed by atoms with Crippen molar-refractivity contribution in [3.8, 4) is 0 Å². The van der Waals surface area contributed by atoms with Crippen LogP contribution in [-0.4, -0.2) is 28.9 Å². The number of fused-ring (bicyclic) bond motifs is 1. The number of alkyl halides is 3. The molecule has 0 saturated carbocycles. The first kappa shape index (κ1) is 22.2. The molecule has 2 aromatic carbocycles. The fraction of sp³-hybridized carbons (Fsp3) is 0.300. The number of hydrogen-bond donors (Lipinski definition) is 2. The van der Waals surface area contributed by atoms with Crippen molar-refractivity contribution in [3.05, 3.63) is 63.7 Å². The van der Waals surface area contributed by atoms with Gasteiger partial charge in [-0.1, -0.05) is 24.6 Å². The third-order valence-corrected chi connectivity index (χ3v) is 4.91. The van der Waals surface area contributed by atoms with Gasteiger partial charge in [-0.05, 0) is 37.6 Å². The molecule has 3 rings (SSSR count). The molecule has 10 heteroatoms. The predicted octanol–water partition coefficient (Wildman–Crippen LogP) is 5.42. The molecule has 0 fully saturated rings. The maximum Gasteiger partial charge on any atom is 0.417 e. The van der Waals surface area contributed by atoms with E-state index < -0.39 is 46.2 Å². The average molecular weight is 446 g/mol. The van der Waals surface area contributed by atoms with Crippen molar-refractivity contribution in [1.82, 2.24) is 0 Å². The van der Waals surface area contributed by atoms with Gasteiger partial charge in [0.2, 0.25) is 0 Å². The Balaban J connectivity index is 2.36. The van der Waals surface area contributed by atoms with E-state index in [0.29, 0.717) is 0 Å². The molecular formula is C20H17ClF5N3O. The second-order valence-electron chi connectivity index (χ2n) is 6.63. The molecule has 0 bridgehead atoms. The summed E-state index contributed by atoms with van der Waals surface area (Å²) in [6.07, 6.45) is -5.61. The summed E-state index contributed by atoms with van der Waals surface area (Å²) in [5.74, 6) is -1.89. The van der Waals surface area contributed by atoms with Crippen molar-refractivity contribution in [2.45, 2.75) is 38.7 Å². The van der Waals surface area contributed by atoms with E-state index in [2.05, 4.69) is 15.3 Å². The summed E-state index contributed by atoms with van der Waals surface area (Å²) in [6, 6.07) is 4.06. The Labute approximate surface area is 174 Å². The van der Waals surface area contributed by atoms with Gasteiger partial charge in [0.1, 0.15) is 29.7 Å². The number of hydrogen-bond acceptors (Lipinski definition) is 3. The number of rotatable bonds is 3. The first-order chi connectivity index (χ1) is 14.0. The fourth-order valence-corrected chi connectivity index (χ4v) is 3.36. The normalized spacial score (nSPS) is 19.0. The summed E-state index contributed by atoms with van der Waals surface area (Å²) in [7, 11) is 0. The Morgan fingerprint density at radius 1 is 1.17 bits per heavy atom. The van der Waals surface area contributed by atoms with Crippen LogP contribution in [0.3, 0.4) is 0 Å². The summed E-state index contributed by atoms with van der Waals surface area (Å²) in [5.41, 5.74) is -2.44. The molecule has 0 aromatic heterocycles. The molecule has 0 aliphatic carbocycles. The molecule has 1 aliphatic rings. The van der Waals surface area contributed by atoms with Crippen molar-refractivity contribution in [2.75, 3.05) is 5.32 Å². The predicted molar refractivity (Wildman–Crippen MR) is 105 cm³/mol. The lowest BCUT2D eigenvalue weighted by Gasteiger charge is -2.18. The molecule has 0 spiro atoms. The van der Waals surface area contributed by atoms with Crippen LogP contribution in [0.5, 0.6) is 0 Å². The van der Waals surface area contributed by atoms with Crippen LogP contribution in [0.4, 0.5) is 27.6 Å². The molecule has 0 amide bonds. The quantitative estimate of drug-likeness (QED) is 0.620. The lowest BCUT2D eigenvalue weighted by atomic mass is 9.97. The smallest absolute Gasteiger partial charge is 0.372 e. The lowest BCUT2D eigenvalue weighted by Crippen LogP contribution is -2.25. The number of halogens is 6. The molecule has 2 N–H and O–H groups in total. The van der Waals surface area contributed by atoms with E-state index in [1.165, 1.54) is 6.92 Å². The number of benzodiazepines with no additional fused rings is 1. The maximum atomic E-state index is 14.5. The van der Waals surface area contributed by atoms with Crippen LogP contribution < -0.4 is 5.32 Å². The zero-order chi connectivity index (χ0) is 22.2. The average Bonchev–Trinajstić information content (AvgIpc) is 2.78. The molecule has 0 radical (unpaired) electrons. The zero-order valence-electron chi connectivity index (χ0n) is 15.9. The van der Waals surface area contributed by atoms with E-state index in [9.17, 15) is 27.1 Å². The topological polar surface area (TPSA) is 57.0 Å². The minimum absolute atomic E-state index is 0.0285. The molecule has 160 valence electrons. The van der Waals surface area contributed by atoms with Crippen LogP contribution in [0.1, 0.15) is 37.0 Å². The monoisotopic (exact) mass is 445 g/mol. The van der Waals surface area contributed by atoms with Crippen LogP contribution in [0, 0.1) is 11.6 Å². The molecule has 2 atom stereocenters. The Kier molecular flexibility index (Phi) is 6.14. The number of aliphatic hydroxyl groups excluding tert-OH is 1. The highest BCUT2D eigenvalue weighted by atomic mass is 35.5. The number of benzene rings is 2. The third kappa shape index (κ3) is 4.17. The van der Waals surface area contributed by atoms with Crippen molar-refractivity contribution in [1.29, 1.82) is 0 Å². The minimum atomic E-state index is -4.79. The molecule has 4 nitrogen and oxygen atoms in total. The van der Waals surface area contributed by atoms with Crippen molar-refractivity contribution < 1.29 is 27.1 Å². The SMILES string of the molecule is CCC(O)N=C1Nc2ccc(C(F)(F)F)c(Cl)c2C(c2c(F)cccc2F)=NC1C. The fourth-order valence-electron chi connectivity index (χ4n) is 3.00. The van der Waals surface area contributed by atoms with Gasteiger partial charge in [-0.2, -0.15) is 13.2 Å². The lowest BCUT2D eigenvalue weighted by molar-refractivity contribution is -0.137. The van der Waals surface area contributed by atoms with Crippen molar-refractivity contribution >= 4 is 28.8 Å². The van der Waals surface area contributed by atoms with Crippen LogP contribution in [0.25, 0.3) is 0 Å². The van der Waals surface area contributed by atoms with E-state index in [1.54, 1.807) is 6.92 Å². The van der Waals surface area contributed by atoms with Gasteiger partial charge < -0.3 is 10.4 Å². The summed E-state index contributed by atoms with van der Waals surface area (Å²) in [4.78, 5) is 8.31. The molecule has 2 aromatic rings. The highest BCUT2D eigenvalue weighted by molar-refractivity contribution is 6.38. The van der Waals surface area contributed by atoms with Gasteiger partial charge in [0.15, 0.2) is 0 Å². The number of nitrogens with zero attached hydrogens (tertiary/aromatic N) is 2. The first-order valence-electron chi connectivity index (χ1n) is 8.99. The van der Waals surface area contributed by atoms with E-state index in [1.807, 2.05) is 0 Å². The van der Waals surface area contributed by atoms with Gasteiger partial charge in [-0.3, -0.25) is 4.99 Å². The van der Waals surface area contributed by atoms with Crippen LogP contribution >= 0.6 is 11.6 Å². The Bertz CT molecular complexity index is 1020. The Morgan fingerprint density at radius 3 is 2.37 bits per heavy atom. The number of aliphatic hydroxyl groups is 1. The first-order valence-corrected chi connectivity index (χ1v) is 9.37. The van der Waals surface area contributed by atoms with Gasteiger partial charge in [0, 0.05) is 5.56 Å². The van der Waals surface area contributed by atoms with Gasteiger partial charge in [-0.15, -0.1) is 0 Å². The van der Waals surface area contributed by atoms with Crippen LogP contribution in [-0.2, 0) is 6.18 Å². The highest BCUT2D eigenvalue weighted by Crippen LogP contribution is 2.41. The second kappa shape index (κ2) is 8.31. The molecule has 30 heavy (non-hydrogen) atoms. The van der Waals surface area contributed by atoms with Crippen molar-refractivity contribution in [3.63, 3.8) is 0 Å². The molecule has 1 aliphatic heterocycles. The molecule has 0 saturated heterocycles. The molecule has 1 heterocycles.